The van der Waals surface area contributed by atoms with Gasteiger partial charge >= 0.3 is 17.7 Å². The fourth-order valence-corrected chi connectivity index (χ4v) is 1.73. The maximum Gasteiger partial charge on any atom is 0.439 e. The normalized spacial score (nSPS) is 23.2. The van der Waals surface area contributed by atoms with Crippen molar-refractivity contribution in [2.24, 2.45) is 0 Å². The first-order valence-electron chi connectivity index (χ1n) is 4.89. The maximum atomic E-state index is 12.9. The van der Waals surface area contributed by atoms with Crippen molar-refractivity contribution in [1.82, 2.24) is 0 Å². The molecule has 1 aliphatic heterocycles. The van der Waals surface area contributed by atoms with Crippen molar-refractivity contribution in [1.29, 1.82) is 0 Å². The Morgan fingerprint density at radius 3 is 2.50 bits per heavy atom. The number of carboxylic acid groups (broad SMARTS) is 1. The standard InChI is InChI=1S/C11H7F3O4/c12-11(13,14)10(9(16)17)5-7(15)6-3-1-2-4-8(6)18-10/h1-4H,5H2,(H,16,17). The van der Waals surface area contributed by atoms with Gasteiger partial charge in [-0.05, 0) is 12.1 Å². The Bertz CT molecular complexity index is 523. The highest BCUT2D eigenvalue weighted by molar-refractivity contribution is 6.03. The zero-order chi connectivity index (χ0) is 13.6. The molecular weight excluding hydrogens is 253 g/mol. The van der Waals surface area contributed by atoms with Crippen LogP contribution in [0.2, 0.25) is 0 Å². The highest BCUT2D eigenvalue weighted by Crippen LogP contribution is 2.43. The summed E-state index contributed by atoms with van der Waals surface area (Å²) >= 11 is 0. The number of benzene rings is 1. The van der Waals surface area contributed by atoms with E-state index < -0.39 is 30.0 Å². The molecule has 1 aromatic carbocycles. The van der Waals surface area contributed by atoms with E-state index in [0.29, 0.717) is 0 Å². The van der Waals surface area contributed by atoms with E-state index in [4.69, 9.17) is 5.11 Å². The van der Waals surface area contributed by atoms with E-state index in [1.54, 1.807) is 0 Å². The summed E-state index contributed by atoms with van der Waals surface area (Å²) in [6.07, 6.45) is -6.44. The highest BCUT2D eigenvalue weighted by Gasteiger charge is 2.66. The monoisotopic (exact) mass is 260 g/mol. The van der Waals surface area contributed by atoms with Crippen LogP contribution in [0.3, 0.4) is 0 Å². The van der Waals surface area contributed by atoms with Gasteiger partial charge in [0, 0.05) is 0 Å². The van der Waals surface area contributed by atoms with Gasteiger partial charge in [0.1, 0.15) is 5.75 Å². The molecule has 0 saturated heterocycles. The Hall–Kier alpha value is -2.05. The smallest absolute Gasteiger partial charge is 0.439 e. The van der Waals surface area contributed by atoms with Crippen LogP contribution in [-0.4, -0.2) is 28.6 Å². The molecule has 1 unspecified atom stereocenters. The van der Waals surface area contributed by atoms with Crippen molar-refractivity contribution >= 4 is 11.8 Å². The molecule has 1 aromatic rings. The lowest BCUT2D eigenvalue weighted by Gasteiger charge is -2.35. The van der Waals surface area contributed by atoms with Gasteiger partial charge in [-0.2, -0.15) is 13.2 Å². The number of ether oxygens (including phenoxy) is 1. The minimum atomic E-state index is -5.18. The quantitative estimate of drug-likeness (QED) is 0.839. The van der Waals surface area contributed by atoms with Gasteiger partial charge in [-0.25, -0.2) is 4.79 Å². The summed E-state index contributed by atoms with van der Waals surface area (Å²) in [6.45, 7) is 0. The molecule has 96 valence electrons. The lowest BCUT2D eigenvalue weighted by atomic mass is 9.89. The van der Waals surface area contributed by atoms with Gasteiger partial charge < -0.3 is 9.84 Å². The third kappa shape index (κ3) is 1.62. The van der Waals surface area contributed by atoms with E-state index in [9.17, 15) is 22.8 Å². The second-order valence-corrected chi connectivity index (χ2v) is 3.83. The lowest BCUT2D eigenvalue weighted by Crippen LogP contribution is -2.59. The third-order valence-electron chi connectivity index (χ3n) is 2.68. The first-order valence-corrected chi connectivity index (χ1v) is 4.89. The number of fused-ring (bicyclic) bond motifs is 1. The molecule has 0 aliphatic carbocycles. The van der Waals surface area contributed by atoms with Crippen molar-refractivity contribution in [2.75, 3.05) is 0 Å². The molecule has 7 heteroatoms. The van der Waals surface area contributed by atoms with Crippen LogP contribution in [0.4, 0.5) is 13.2 Å². The molecule has 0 amide bonds. The maximum absolute atomic E-state index is 12.9. The molecule has 1 heterocycles. The van der Waals surface area contributed by atoms with Gasteiger partial charge in [0.25, 0.3) is 0 Å². The van der Waals surface area contributed by atoms with Crippen molar-refractivity contribution in [3.63, 3.8) is 0 Å². The summed E-state index contributed by atoms with van der Waals surface area (Å²) in [5.41, 5.74) is -3.54. The third-order valence-corrected chi connectivity index (χ3v) is 2.68. The Labute approximate surface area is 99.0 Å². The Morgan fingerprint density at radius 2 is 1.94 bits per heavy atom. The highest BCUT2D eigenvalue weighted by atomic mass is 19.4. The fourth-order valence-electron chi connectivity index (χ4n) is 1.73. The lowest BCUT2D eigenvalue weighted by molar-refractivity contribution is -0.250. The number of carbonyl (C=O) groups is 2. The second-order valence-electron chi connectivity index (χ2n) is 3.83. The molecule has 1 aliphatic rings. The Kier molecular flexibility index (Phi) is 2.57. The first kappa shape index (κ1) is 12.4. The summed E-state index contributed by atoms with van der Waals surface area (Å²) in [6, 6.07) is 5.25. The number of Topliss-reactive ketones (excluding diaryl/α,β-unsaturated/α-hetero) is 1. The van der Waals surface area contributed by atoms with Crippen LogP contribution in [0, 0.1) is 0 Å². The molecular formula is C11H7F3O4. The second kappa shape index (κ2) is 3.72. The minimum absolute atomic E-state index is 0.0429. The number of para-hydroxylation sites is 1. The SMILES string of the molecule is O=C1CC(C(=O)O)(C(F)(F)F)Oc2ccccc21. The van der Waals surface area contributed by atoms with Gasteiger partial charge in [0.2, 0.25) is 0 Å². The number of hydrogen-bond acceptors (Lipinski definition) is 3. The van der Waals surface area contributed by atoms with Gasteiger partial charge in [-0.15, -0.1) is 0 Å². The number of hydrogen-bond donors (Lipinski definition) is 1. The molecule has 18 heavy (non-hydrogen) atoms. The molecule has 1 N–H and O–H groups in total. The van der Waals surface area contributed by atoms with Gasteiger partial charge in [0.05, 0.1) is 12.0 Å². The van der Waals surface area contributed by atoms with Crippen LogP contribution in [-0.2, 0) is 4.79 Å². The molecule has 0 saturated carbocycles. The number of carbonyl (C=O) groups excluding carboxylic acids is 1. The summed E-state index contributed by atoms with van der Waals surface area (Å²) in [5.74, 6) is -3.50. The van der Waals surface area contributed by atoms with E-state index in [1.165, 1.54) is 18.2 Å². The summed E-state index contributed by atoms with van der Waals surface area (Å²) < 4.78 is 43.1. The largest absolute Gasteiger partial charge is 0.478 e. The van der Waals surface area contributed by atoms with E-state index >= 15 is 0 Å². The fraction of sp³-hybridized carbons (Fsp3) is 0.273. The number of alkyl halides is 3. The molecule has 1 atom stereocenters. The van der Waals surface area contributed by atoms with Gasteiger partial charge in [-0.1, -0.05) is 12.1 Å². The predicted molar refractivity (Wildman–Crippen MR) is 52.4 cm³/mol. The van der Waals surface area contributed by atoms with E-state index in [1.807, 2.05) is 0 Å². The van der Waals surface area contributed by atoms with Crippen LogP contribution >= 0.6 is 0 Å². The summed E-state index contributed by atoms with van der Waals surface area (Å²) in [4.78, 5) is 22.5. The molecule has 2 rings (SSSR count). The van der Waals surface area contributed by atoms with E-state index in [-0.39, 0.29) is 11.3 Å². The average molecular weight is 260 g/mol. The van der Waals surface area contributed by atoms with Gasteiger partial charge in [0.15, 0.2) is 5.78 Å². The van der Waals surface area contributed by atoms with Crippen molar-refractivity contribution in [3.8, 4) is 5.75 Å². The number of aliphatic carboxylic acids is 1. The molecule has 0 aromatic heterocycles. The molecule has 0 spiro atoms. The zero-order valence-electron chi connectivity index (χ0n) is 8.82. The molecule has 0 bridgehead atoms. The van der Waals surface area contributed by atoms with Crippen LogP contribution in [0.5, 0.6) is 5.75 Å². The van der Waals surface area contributed by atoms with Crippen molar-refractivity contribution in [2.45, 2.75) is 18.2 Å². The topological polar surface area (TPSA) is 63.6 Å². The number of carboxylic acids is 1. The summed E-state index contributed by atoms with van der Waals surface area (Å²) in [7, 11) is 0. The molecule has 0 radical (unpaired) electrons. The molecule has 4 nitrogen and oxygen atoms in total. The summed E-state index contributed by atoms with van der Waals surface area (Å²) in [5, 5.41) is 8.77. The van der Waals surface area contributed by atoms with Crippen LogP contribution in [0.25, 0.3) is 0 Å². The average Bonchev–Trinajstić information content (AvgIpc) is 2.27. The van der Waals surface area contributed by atoms with Crippen LogP contribution in [0.15, 0.2) is 24.3 Å². The zero-order valence-corrected chi connectivity index (χ0v) is 8.82. The van der Waals surface area contributed by atoms with Gasteiger partial charge in [-0.3, -0.25) is 4.79 Å². The minimum Gasteiger partial charge on any atom is -0.478 e. The first-order chi connectivity index (χ1) is 8.28. The van der Waals surface area contributed by atoms with Crippen molar-refractivity contribution < 1.29 is 32.6 Å². The predicted octanol–water partition coefficient (Wildman–Crippen LogP) is 2.04. The van der Waals surface area contributed by atoms with E-state index in [0.717, 1.165) is 6.07 Å². The van der Waals surface area contributed by atoms with Crippen molar-refractivity contribution in [3.05, 3.63) is 29.8 Å². The number of rotatable bonds is 1. The van der Waals surface area contributed by atoms with E-state index in [2.05, 4.69) is 4.74 Å². The number of ketones is 1. The Morgan fingerprint density at radius 1 is 1.33 bits per heavy atom. The number of halogens is 3. The van der Waals surface area contributed by atoms with Crippen LogP contribution in [0.1, 0.15) is 16.8 Å². The molecule has 0 fully saturated rings. The van der Waals surface area contributed by atoms with Crippen LogP contribution < -0.4 is 4.74 Å². The Balaban J connectivity index is 2.57.